The van der Waals surface area contributed by atoms with Crippen LogP contribution in [0.2, 0.25) is 0 Å². The average Bonchev–Trinajstić information content (AvgIpc) is 3.29. The molecule has 3 aromatic rings. The number of carbonyl (C=O) groups is 1. The van der Waals surface area contributed by atoms with E-state index in [0.717, 1.165) is 16.9 Å². The van der Waals surface area contributed by atoms with E-state index < -0.39 is 4.92 Å². The van der Waals surface area contributed by atoms with E-state index in [1.807, 2.05) is 53.2 Å². The van der Waals surface area contributed by atoms with Gasteiger partial charge in [-0.05, 0) is 35.9 Å². The van der Waals surface area contributed by atoms with Crippen LogP contribution < -0.4 is 0 Å². The van der Waals surface area contributed by atoms with Crippen LogP contribution in [-0.2, 0) is 11.3 Å². The number of aromatic nitrogens is 1. The molecule has 29 heavy (non-hydrogen) atoms. The van der Waals surface area contributed by atoms with Gasteiger partial charge in [-0.1, -0.05) is 54.3 Å². The molecule has 0 unspecified atom stereocenters. The molecule has 1 aromatic heterocycles. The van der Waals surface area contributed by atoms with E-state index in [1.54, 1.807) is 23.1 Å². The fraction of sp³-hybridized carbons (Fsp3) is 0.0476. The van der Waals surface area contributed by atoms with E-state index in [2.05, 4.69) is 0 Å². The molecule has 1 amide bonds. The third-order valence-electron chi connectivity index (χ3n) is 4.46. The van der Waals surface area contributed by atoms with Crippen LogP contribution in [0.3, 0.4) is 0 Å². The molecule has 1 saturated heterocycles. The minimum atomic E-state index is -0.432. The van der Waals surface area contributed by atoms with Crippen molar-refractivity contribution in [3.8, 4) is 5.69 Å². The number of hydrogen-bond donors (Lipinski definition) is 0. The van der Waals surface area contributed by atoms with E-state index in [-0.39, 0.29) is 11.6 Å². The molecule has 1 aliphatic heterocycles. The number of amides is 1. The Morgan fingerprint density at radius 2 is 1.76 bits per heavy atom. The molecule has 0 radical (unpaired) electrons. The largest absolute Gasteiger partial charge is 0.317 e. The highest BCUT2D eigenvalue weighted by atomic mass is 32.2. The van der Waals surface area contributed by atoms with E-state index >= 15 is 0 Å². The molecule has 0 saturated carbocycles. The molecule has 4 rings (SSSR count). The Morgan fingerprint density at radius 3 is 2.45 bits per heavy atom. The van der Waals surface area contributed by atoms with Gasteiger partial charge in [0.15, 0.2) is 0 Å². The summed E-state index contributed by atoms with van der Waals surface area (Å²) in [6.45, 7) is 0.437. The first-order valence-electron chi connectivity index (χ1n) is 8.74. The smallest absolute Gasteiger partial charge is 0.269 e. The van der Waals surface area contributed by atoms with E-state index in [0.29, 0.717) is 15.8 Å². The zero-order chi connectivity index (χ0) is 20.4. The van der Waals surface area contributed by atoms with Gasteiger partial charge >= 0.3 is 0 Å². The van der Waals surface area contributed by atoms with Crippen molar-refractivity contribution in [3.63, 3.8) is 0 Å². The Balaban J connectivity index is 1.59. The highest BCUT2D eigenvalue weighted by Crippen LogP contribution is 2.34. The minimum absolute atomic E-state index is 0.0317. The van der Waals surface area contributed by atoms with E-state index in [4.69, 9.17) is 12.2 Å². The molecule has 0 N–H and O–H groups in total. The number of nitrogens with zero attached hydrogens (tertiary/aromatic N) is 3. The van der Waals surface area contributed by atoms with Gasteiger partial charge in [-0.15, -0.1) is 0 Å². The maximum Gasteiger partial charge on any atom is 0.269 e. The fourth-order valence-electron chi connectivity index (χ4n) is 3.02. The average molecular weight is 422 g/mol. The Morgan fingerprint density at radius 1 is 1.03 bits per heavy atom. The third-order valence-corrected chi connectivity index (χ3v) is 5.83. The minimum Gasteiger partial charge on any atom is -0.317 e. The zero-order valence-electron chi connectivity index (χ0n) is 15.1. The molecule has 0 spiro atoms. The van der Waals surface area contributed by atoms with Crippen molar-refractivity contribution in [2.45, 2.75) is 6.54 Å². The lowest BCUT2D eigenvalue weighted by atomic mass is 10.2. The Hall–Kier alpha value is -3.23. The molecule has 0 atom stereocenters. The van der Waals surface area contributed by atoms with Crippen LogP contribution in [-0.4, -0.2) is 24.6 Å². The van der Waals surface area contributed by atoms with Gasteiger partial charge in [0.2, 0.25) is 0 Å². The number of rotatable bonds is 5. The SMILES string of the molecule is O=C1/C(=C\c2cccn2-c2ccc([N+](=O)[O-])cc2)SC(=S)N1Cc1ccccc1. The summed E-state index contributed by atoms with van der Waals surface area (Å²) in [6.07, 6.45) is 3.64. The lowest BCUT2D eigenvalue weighted by Crippen LogP contribution is -2.27. The van der Waals surface area contributed by atoms with Gasteiger partial charge in [0.05, 0.1) is 16.4 Å². The van der Waals surface area contributed by atoms with Crippen LogP contribution in [0.5, 0.6) is 0 Å². The van der Waals surface area contributed by atoms with Crippen molar-refractivity contribution in [1.82, 2.24) is 9.47 Å². The molecule has 0 aliphatic carbocycles. The fourth-order valence-corrected chi connectivity index (χ4v) is 4.26. The second kappa shape index (κ2) is 8.02. The van der Waals surface area contributed by atoms with Crippen molar-refractivity contribution < 1.29 is 9.72 Å². The molecule has 6 nitrogen and oxygen atoms in total. The predicted octanol–water partition coefficient (Wildman–Crippen LogP) is 4.79. The van der Waals surface area contributed by atoms with Crippen LogP contribution in [0, 0.1) is 10.1 Å². The molecule has 2 heterocycles. The monoisotopic (exact) mass is 421 g/mol. The topological polar surface area (TPSA) is 68.4 Å². The van der Waals surface area contributed by atoms with Gasteiger partial charge in [0.25, 0.3) is 11.6 Å². The van der Waals surface area contributed by atoms with Gasteiger partial charge in [-0.25, -0.2) is 0 Å². The van der Waals surface area contributed by atoms with E-state index in [9.17, 15) is 14.9 Å². The van der Waals surface area contributed by atoms with E-state index in [1.165, 1.54) is 23.9 Å². The predicted molar refractivity (Wildman–Crippen MR) is 118 cm³/mol. The highest BCUT2D eigenvalue weighted by Gasteiger charge is 2.32. The second-order valence-electron chi connectivity index (χ2n) is 6.33. The Bertz CT molecular complexity index is 1120. The first-order chi connectivity index (χ1) is 14.0. The summed E-state index contributed by atoms with van der Waals surface area (Å²) >= 11 is 6.69. The van der Waals surface area contributed by atoms with Crippen molar-refractivity contribution in [2.24, 2.45) is 0 Å². The number of thioether (sulfide) groups is 1. The first kappa shape index (κ1) is 19.1. The summed E-state index contributed by atoms with van der Waals surface area (Å²) in [5, 5.41) is 10.9. The van der Waals surface area contributed by atoms with Crippen LogP contribution in [0.1, 0.15) is 11.3 Å². The molecule has 144 valence electrons. The summed E-state index contributed by atoms with van der Waals surface area (Å²) in [5.41, 5.74) is 2.61. The number of carbonyl (C=O) groups excluding carboxylic acids is 1. The highest BCUT2D eigenvalue weighted by molar-refractivity contribution is 8.26. The van der Waals surface area contributed by atoms with Gasteiger partial charge in [0, 0.05) is 29.7 Å². The van der Waals surface area contributed by atoms with Crippen molar-refractivity contribution >= 4 is 46.0 Å². The van der Waals surface area contributed by atoms with Crippen LogP contribution >= 0.6 is 24.0 Å². The molecular formula is C21H15N3O3S2. The summed E-state index contributed by atoms with van der Waals surface area (Å²) in [6, 6.07) is 19.7. The van der Waals surface area contributed by atoms with Crippen LogP contribution in [0.4, 0.5) is 5.69 Å². The van der Waals surface area contributed by atoms with Gasteiger partial charge < -0.3 is 4.57 Å². The van der Waals surface area contributed by atoms with Crippen molar-refractivity contribution in [1.29, 1.82) is 0 Å². The number of nitro groups is 1. The number of hydrogen-bond acceptors (Lipinski definition) is 5. The summed E-state index contributed by atoms with van der Waals surface area (Å²) in [5.74, 6) is -0.125. The molecule has 8 heteroatoms. The lowest BCUT2D eigenvalue weighted by molar-refractivity contribution is -0.384. The van der Waals surface area contributed by atoms with Gasteiger partial charge in [-0.2, -0.15) is 0 Å². The van der Waals surface area contributed by atoms with Crippen LogP contribution in [0.15, 0.2) is 77.8 Å². The molecule has 1 aliphatic rings. The molecule has 0 bridgehead atoms. The Kier molecular flexibility index (Phi) is 5.28. The summed E-state index contributed by atoms with van der Waals surface area (Å²) in [7, 11) is 0. The Labute approximate surface area is 176 Å². The zero-order valence-corrected chi connectivity index (χ0v) is 16.7. The number of non-ortho nitro benzene ring substituents is 1. The van der Waals surface area contributed by atoms with Gasteiger partial charge in [-0.3, -0.25) is 19.8 Å². The normalized spacial score (nSPS) is 15.3. The third kappa shape index (κ3) is 3.98. The van der Waals surface area contributed by atoms with Crippen molar-refractivity contribution in [2.75, 3.05) is 0 Å². The lowest BCUT2D eigenvalue weighted by Gasteiger charge is -2.14. The first-order valence-corrected chi connectivity index (χ1v) is 9.97. The molecular weight excluding hydrogens is 406 g/mol. The standard InChI is InChI=1S/C21H15N3O3S2/c25-20-19(29-21(28)23(20)14-15-5-2-1-3-6-15)13-18-7-4-12-22(18)16-8-10-17(11-9-16)24(26)27/h1-13H,14H2/b19-13+. The summed E-state index contributed by atoms with van der Waals surface area (Å²) in [4.78, 5) is 25.4. The maximum atomic E-state index is 12.9. The van der Waals surface area contributed by atoms with Crippen LogP contribution in [0.25, 0.3) is 11.8 Å². The quantitative estimate of drug-likeness (QED) is 0.256. The maximum absolute atomic E-state index is 12.9. The molecule has 2 aromatic carbocycles. The number of nitro benzene ring substituents is 1. The number of benzene rings is 2. The second-order valence-corrected chi connectivity index (χ2v) is 8.01. The van der Waals surface area contributed by atoms with Crippen molar-refractivity contribution in [3.05, 3.63) is 99.2 Å². The molecule has 1 fully saturated rings. The van der Waals surface area contributed by atoms with Gasteiger partial charge in [0.1, 0.15) is 4.32 Å². The summed E-state index contributed by atoms with van der Waals surface area (Å²) < 4.78 is 2.39. The number of thiocarbonyl (C=S) groups is 1.